The van der Waals surface area contributed by atoms with Gasteiger partial charge in [0.15, 0.2) is 0 Å². The topological polar surface area (TPSA) is 52.6 Å². The maximum atomic E-state index is 12.1. The molecule has 0 saturated carbocycles. The summed E-state index contributed by atoms with van der Waals surface area (Å²) in [5, 5.41) is 2.19. The first-order chi connectivity index (χ1) is 10.7. The normalized spacial score (nSPS) is 20.3. The minimum absolute atomic E-state index is 0.271. The predicted molar refractivity (Wildman–Crippen MR) is 82.5 cm³/mol. The standard InChI is InChI=1S/C18H18O4/c1-21-17(19)12-9-15-13-6-4-3-5-11(13)7-8-14(15)16(10-12)18(20)22-2/h3-8,12,16H,9-10H2,1-2H3. The monoisotopic (exact) mass is 298 g/mol. The van der Waals surface area contributed by atoms with Crippen LogP contribution in [0.1, 0.15) is 23.5 Å². The summed E-state index contributed by atoms with van der Waals surface area (Å²) in [6, 6.07) is 12.0. The second-order valence-corrected chi connectivity index (χ2v) is 5.59. The number of esters is 2. The summed E-state index contributed by atoms with van der Waals surface area (Å²) in [6.07, 6.45) is 1.03. The summed E-state index contributed by atoms with van der Waals surface area (Å²) >= 11 is 0. The number of methoxy groups -OCH3 is 2. The maximum absolute atomic E-state index is 12.1. The van der Waals surface area contributed by atoms with Crippen molar-refractivity contribution < 1.29 is 19.1 Å². The van der Waals surface area contributed by atoms with Crippen LogP contribution in [-0.2, 0) is 25.5 Å². The third kappa shape index (κ3) is 2.34. The lowest BCUT2D eigenvalue weighted by molar-refractivity contribution is -0.148. The van der Waals surface area contributed by atoms with Crippen LogP contribution < -0.4 is 0 Å². The Balaban J connectivity index is 2.16. The van der Waals surface area contributed by atoms with Gasteiger partial charge in [0.1, 0.15) is 0 Å². The fraction of sp³-hybridized carbons (Fsp3) is 0.333. The smallest absolute Gasteiger partial charge is 0.313 e. The van der Waals surface area contributed by atoms with Crippen LogP contribution in [0.4, 0.5) is 0 Å². The highest BCUT2D eigenvalue weighted by Gasteiger charge is 2.36. The fourth-order valence-corrected chi connectivity index (χ4v) is 3.36. The van der Waals surface area contributed by atoms with Crippen molar-refractivity contribution in [3.8, 4) is 0 Å². The van der Waals surface area contributed by atoms with Crippen molar-refractivity contribution in [2.45, 2.75) is 18.8 Å². The lowest BCUT2D eigenvalue weighted by Crippen LogP contribution is -2.30. The highest BCUT2D eigenvalue weighted by atomic mass is 16.5. The zero-order chi connectivity index (χ0) is 15.7. The zero-order valence-corrected chi connectivity index (χ0v) is 12.7. The number of hydrogen-bond donors (Lipinski definition) is 0. The molecular weight excluding hydrogens is 280 g/mol. The zero-order valence-electron chi connectivity index (χ0n) is 12.7. The quantitative estimate of drug-likeness (QED) is 0.800. The van der Waals surface area contributed by atoms with Gasteiger partial charge < -0.3 is 9.47 Å². The van der Waals surface area contributed by atoms with Crippen LogP contribution in [0.5, 0.6) is 0 Å². The molecule has 0 amide bonds. The fourth-order valence-electron chi connectivity index (χ4n) is 3.36. The molecule has 3 rings (SSSR count). The van der Waals surface area contributed by atoms with E-state index in [0.29, 0.717) is 12.8 Å². The molecule has 0 heterocycles. The number of fused-ring (bicyclic) bond motifs is 3. The van der Waals surface area contributed by atoms with Gasteiger partial charge in [0.25, 0.3) is 0 Å². The van der Waals surface area contributed by atoms with Gasteiger partial charge in [-0.05, 0) is 34.7 Å². The molecule has 0 bridgehead atoms. The van der Waals surface area contributed by atoms with Crippen molar-refractivity contribution in [2.75, 3.05) is 14.2 Å². The Hall–Kier alpha value is -2.36. The van der Waals surface area contributed by atoms with E-state index in [1.165, 1.54) is 14.2 Å². The first-order valence-corrected chi connectivity index (χ1v) is 7.32. The number of ether oxygens (including phenoxy) is 2. The van der Waals surface area contributed by atoms with E-state index in [0.717, 1.165) is 21.9 Å². The average molecular weight is 298 g/mol. The van der Waals surface area contributed by atoms with Gasteiger partial charge in [-0.15, -0.1) is 0 Å². The van der Waals surface area contributed by atoms with Crippen LogP contribution in [0, 0.1) is 5.92 Å². The highest BCUT2D eigenvalue weighted by molar-refractivity contribution is 5.91. The summed E-state index contributed by atoms with van der Waals surface area (Å²) in [5.74, 6) is -1.30. The Morgan fingerprint density at radius 3 is 2.45 bits per heavy atom. The molecule has 2 atom stereocenters. The largest absolute Gasteiger partial charge is 0.469 e. The van der Waals surface area contributed by atoms with Gasteiger partial charge in [-0.1, -0.05) is 36.4 Å². The number of carbonyl (C=O) groups excluding carboxylic acids is 2. The number of benzene rings is 2. The number of hydrogen-bond acceptors (Lipinski definition) is 4. The molecule has 1 aliphatic carbocycles. The molecule has 22 heavy (non-hydrogen) atoms. The predicted octanol–water partition coefficient (Wildman–Crippen LogP) is 2.83. The number of rotatable bonds is 2. The summed E-state index contributed by atoms with van der Waals surface area (Å²) in [7, 11) is 2.76. The molecule has 114 valence electrons. The van der Waals surface area contributed by atoms with Crippen LogP contribution in [0.25, 0.3) is 10.8 Å². The molecular formula is C18H18O4. The van der Waals surface area contributed by atoms with E-state index in [2.05, 4.69) is 0 Å². The van der Waals surface area contributed by atoms with Crippen molar-refractivity contribution in [2.24, 2.45) is 5.92 Å². The summed E-state index contributed by atoms with van der Waals surface area (Å²) in [4.78, 5) is 24.1. The van der Waals surface area contributed by atoms with Crippen molar-refractivity contribution >= 4 is 22.7 Å². The van der Waals surface area contributed by atoms with Crippen molar-refractivity contribution in [1.82, 2.24) is 0 Å². The van der Waals surface area contributed by atoms with Crippen LogP contribution in [0.2, 0.25) is 0 Å². The molecule has 4 nitrogen and oxygen atoms in total. The van der Waals surface area contributed by atoms with Gasteiger partial charge in [0.05, 0.1) is 26.1 Å². The van der Waals surface area contributed by atoms with Gasteiger partial charge in [-0.3, -0.25) is 9.59 Å². The van der Waals surface area contributed by atoms with E-state index in [-0.39, 0.29) is 17.9 Å². The van der Waals surface area contributed by atoms with Gasteiger partial charge in [0.2, 0.25) is 0 Å². The van der Waals surface area contributed by atoms with E-state index < -0.39 is 5.92 Å². The second-order valence-electron chi connectivity index (χ2n) is 5.59. The maximum Gasteiger partial charge on any atom is 0.313 e. The van der Waals surface area contributed by atoms with Crippen LogP contribution >= 0.6 is 0 Å². The molecule has 0 saturated heterocycles. The molecule has 2 unspecified atom stereocenters. The van der Waals surface area contributed by atoms with E-state index in [9.17, 15) is 9.59 Å². The second kappa shape index (κ2) is 5.79. The SMILES string of the molecule is COC(=O)C1Cc2c(ccc3ccccc23)C(C(=O)OC)C1. The Morgan fingerprint density at radius 2 is 1.73 bits per heavy atom. The Labute approximate surface area is 129 Å². The molecule has 0 aromatic heterocycles. The summed E-state index contributed by atoms with van der Waals surface area (Å²) in [6.45, 7) is 0. The summed E-state index contributed by atoms with van der Waals surface area (Å²) in [5.41, 5.74) is 2.01. The van der Waals surface area contributed by atoms with Gasteiger partial charge in [0, 0.05) is 0 Å². The summed E-state index contributed by atoms with van der Waals surface area (Å²) < 4.78 is 9.82. The van der Waals surface area contributed by atoms with Gasteiger partial charge in [-0.2, -0.15) is 0 Å². The van der Waals surface area contributed by atoms with Crippen molar-refractivity contribution in [3.63, 3.8) is 0 Å². The van der Waals surface area contributed by atoms with E-state index >= 15 is 0 Å². The molecule has 2 aromatic carbocycles. The lowest BCUT2D eigenvalue weighted by atomic mass is 9.75. The first kappa shape index (κ1) is 14.6. The minimum atomic E-state index is -0.414. The first-order valence-electron chi connectivity index (χ1n) is 7.32. The van der Waals surface area contributed by atoms with Gasteiger partial charge in [-0.25, -0.2) is 0 Å². The molecule has 4 heteroatoms. The molecule has 0 radical (unpaired) electrons. The third-order valence-electron chi connectivity index (χ3n) is 4.44. The van der Waals surface area contributed by atoms with E-state index in [1.807, 2.05) is 36.4 Å². The molecule has 0 aliphatic heterocycles. The van der Waals surface area contributed by atoms with Crippen LogP contribution in [-0.4, -0.2) is 26.2 Å². The number of carbonyl (C=O) groups is 2. The van der Waals surface area contributed by atoms with Gasteiger partial charge >= 0.3 is 11.9 Å². The Kier molecular flexibility index (Phi) is 3.84. The molecule has 2 aromatic rings. The molecule has 1 aliphatic rings. The van der Waals surface area contributed by atoms with E-state index in [4.69, 9.17) is 9.47 Å². The van der Waals surface area contributed by atoms with Crippen LogP contribution in [0.15, 0.2) is 36.4 Å². The van der Waals surface area contributed by atoms with E-state index in [1.54, 1.807) is 0 Å². The molecule has 0 spiro atoms. The molecule has 0 N–H and O–H groups in total. The molecule has 0 fully saturated rings. The average Bonchev–Trinajstić information content (AvgIpc) is 2.59. The van der Waals surface area contributed by atoms with Crippen LogP contribution in [0.3, 0.4) is 0 Å². The minimum Gasteiger partial charge on any atom is -0.469 e. The highest BCUT2D eigenvalue weighted by Crippen LogP contribution is 2.39. The lowest BCUT2D eigenvalue weighted by Gasteiger charge is -2.29. The Morgan fingerprint density at radius 1 is 1.00 bits per heavy atom. The third-order valence-corrected chi connectivity index (χ3v) is 4.44. The van der Waals surface area contributed by atoms with Crippen molar-refractivity contribution in [1.29, 1.82) is 0 Å². The Bertz CT molecular complexity index is 735. The van der Waals surface area contributed by atoms with Crippen molar-refractivity contribution in [3.05, 3.63) is 47.5 Å².